The highest BCUT2D eigenvalue weighted by Gasteiger charge is 2.36. The number of nitrogens with zero attached hydrogens (tertiary/aromatic N) is 1. The largest absolute Gasteiger partial charge is 0.313 e. The van der Waals surface area contributed by atoms with E-state index in [9.17, 15) is 17.2 Å². The van der Waals surface area contributed by atoms with Crippen molar-refractivity contribution in [2.45, 2.75) is 17.9 Å². The summed E-state index contributed by atoms with van der Waals surface area (Å²) in [6, 6.07) is 1.33. The van der Waals surface area contributed by atoms with Crippen molar-refractivity contribution in [3.8, 4) is 0 Å². The topological polar surface area (TPSA) is 49.4 Å². The SMILES string of the molecule is CCN(C1CNC1)S(=O)(=O)c1c(F)cc(F)cc1Br. The normalized spacial score (nSPS) is 16.7. The van der Waals surface area contributed by atoms with Crippen LogP contribution in [0, 0.1) is 11.6 Å². The lowest BCUT2D eigenvalue weighted by Gasteiger charge is -2.36. The number of likely N-dealkylation sites (N-methyl/N-ethyl adjacent to an activating group) is 1. The molecular formula is C11H13BrF2N2O2S. The van der Waals surface area contributed by atoms with Crippen LogP contribution in [0.25, 0.3) is 0 Å². The second-order valence-electron chi connectivity index (χ2n) is 4.22. The van der Waals surface area contributed by atoms with Gasteiger partial charge >= 0.3 is 0 Å². The predicted octanol–water partition coefficient (Wildman–Crippen LogP) is 1.71. The van der Waals surface area contributed by atoms with Gasteiger partial charge in [0.05, 0.1) is 6.04 Å². The van der Waals surface area contributed by atoms with E-state index in [-0.39, 0.29) is 17.1 Å². The Morgan fingerprint density at radius 2 is 2.05 bits per heavy atom. The molecule has 0 bridgehead atoms. The minimum absolute atomic E-state index is 0.101. The third-order valence-electron chi connectivity index (χ3n) is 3.01. The number of rotatable bonds is 4. The lowest BCUT2D eigenvalue weighted by molar-refractivity contribution is 0.249. The molecule has 1 N–H and O–H groups in total. The van der Waals surface area contributed by atoms with Crippen molar-refractivity contribution in [2.24, 2.45) is 0 Å². The molecule has 19 heavy (non-hydrogen) atoms. The molecule has 1 saturated heterocycles. The van der Waals surface area contributed by atoms with E-state index in [0.717, 1.165) is 6.07 Å². The van der Waals surface area contributed by atoms with Crippen LogP contribution in [0.2, 0.25) is 0 Å². The first-order chi connectivity index (χ1) is 8.87. The number of hydrogen-bond acceptors (Lipinski definition) is 3. The molecule has 0 aromatic heterocycles. The van der Waals surface area contributed by atoms with Gasteiger partial charge in [-0.25, -0.2) is 17.2 Å². The second kappa shape index (κ2) is 5.43. The standard InChI is InChI=1S/C11H13BrF2N2O2S/c1-2-16(8-5-15-6-8)19(17,18)11-9(12)3-7(13)4-10(11)14/h3-4,8,15H,2,5-6H2,1H3. The van der Waals surface area contributed by atoms with Gasteiger partial charge in [0.1, 0.15) is 16.5 Å². The van der Waals surface area contributed by atoms with E-state index in [1.807, 2.05) is 0 Å². The molecule has 0 atom stereocenters. The summed E-state index contributed by atoms with van der Waals surface area (Å²) in [6.45, 7) is 2.99. The molecule has 0 radical (unpaired) electrons. The van der Waals surface area contributed by atoms with Crippen molar-refractivity contribution in [1.29, 1.82) is 0 Å². The van der Waals surface area contributed by atoms with E-state index in [2.05, 4.69) is 21.2 Å². The molecule has 0 unspecified atom stereocenters. The summed E-state index contributed by atoms with van der Waals surface area (Å²) in [5, 5.41) is 2.97. The number of benzene rings is 1. The summed E-state index contributed by atoms with van der Waals surface area (Å²) in [5.41, 5.74) is 0. The summed E-state index contributed by atoms with van der Waals surface area (Å²) in [5.74, 6) is -1.91. The van der Waals surface area contributed by atoms with Crippen LogP contribution in [0.15, 0.2) is 21.5 Å². The molecule has 106 valence electrons. The fourth-order valence-electron chi connectivity index (χ4n) is 1.99. The maximum absolute atomic E-state index is 13.8. The smallest absolute Gasteiger partial charge is 0.247 e. The van der Waals surface area contributed by atoms with Gasteiger partial charge in [-0.15, -0.1) is 0 Å². The first kappa shape index (κ1) is 14.8. The summed E-state index contributed by atoms with van der Waals surface area (Å²) in [6.07, 6.45) is 0. The van der Waals surface area contributed by atoms with Crippen molar-refractivity contribution < 1.29 is 17.2 Å². The summed E-state index contributed by atoms with van der Waals surface area (Å²) in [4.78, 5) is -0.511. The molecule has 0 aliphatic carbocycles. The first-order valence-corrected chi connectivity index (χ1v) is 7.98. The van der Waals surface area contributed by atoms with Crippen LogP contribution in [0.1, 0.15) is 6.92 Å². The molecule has 0 saturated carbocycles. The molecule has 1 heterocycles. The maximum Gasteiger partial charge on any atom is 0.247 e. The van der Waals surface area contributed by atoms with E-state index < -0.39 is 26.6 Å². The lowest BCUT2D eigenvalue weighted by atomic mass is 10.2. The first-order valence-electron chi connectivity index (χ1n) is 5.75. The minimum atomic E-state index is -3.98. The molecule has 0 spiro atoms. The van der Waals surface area contributed by atoms with Crippen LogP contribution >= 0.6 is 15.9 Å². The number of hydrogen-bond donors (Lipinski definition) is 1. The van der Waals surface area contributed by atoms with Crippen molar-refractivity contribution in [3.05, 3.63) is 28.2 Å². The van der Waals surface area contributed by atoms with Gasteiger partial charge in [0.2, 0.25) is 10.0 Å². The Kier molecular flexibility index (Phi) is 4.24. The Morgan fingerprint density at radius 3 is 2.47 bits per heavy atom. The van der Waals surface area contributed by atoms with Crippen molar-refractivity contribution >= 4 is 26.0 Å². The van der Waals surface area contributed by atoms with Crippen molar-refractivity contribution in [1.82, 2.24) is 9.62 Å². The highest BCUT2D eigenvalue weighted by molar-refractivity contribution is 9.10. The quantitative estimate of drug-likeness (QED) is 0.895. The molecule has 1 aromatic carbocycles. The molecule has 2 rings (SSSR count). The molecule has 1 aliphatic rings. The zero-order chi connectivity index (χ0) is 14.2. The van der Waals surface area contributed by atoms with E-state index in [1.54, 1.807) is 6.92 Å². The summed E-state index contributed by atoms with van der Waals surface area (Å²) in [7, 11) is -3.98. The van der Waals surface area contributed by atoms with Gasteiger partial charge in [-0.2, -0.15) is 4.31 Å². The lowest BCUT2D eigenvalue weighted by Crippen LogP contribution is -2.58. The molecule has 1 aromatic rings. The zero-order valence-corrected chi connectivity index (χ0v) is 12.6. The van der Waals surface area contributed by atoms with Gasteiger partial charge in [-0.05, 0) is 22.0 Å². The van der Waals surface area contributed by atoms with Gasteiger partial charge in [0.25, 0.3) is 0 Å². The number of halogens is 3. The average molecular weight is 355 g/mol. The summed E-state index contributed by atoms with van der Waals surface area (Å²) < 4.78 is 52.9. The molecule has 1 fully saturated rings. The fraction of sp³-hybridized carbons (Fsp3) is 0.455. The Hall–Kier alpha value is -0.570. The highest BCUT2D eigenvalue weighted by atomic mass is 79.9. The van der Waals surface area contributed by atoms with Gasteiger partial charge in [0.15, 0.2) is 0 Å². The predicted molar refractivity (Wildman–Crippen MR) is 70.3 cm³/mol. The Morgan fingerprint density at radius 1 is 1.42 bits per heavy atom. The Labute approximate surface area is 119 Å². The Balaban J connectivity index is 2.49. The Bertz CT molecular complexity index is 567. The van der Waals surface area contributed by atoms with Gasteiger partial charge in [0, 0.05) is 30.2 Å². The average Bonchev–Trinajstić information content (AvgIpc) is 2.20. The van der Waals surface area contributed by atoms with Crippen LogP contribution in [-0.4, -0.2) is 38.4 Å². The van der Waals surface area contributed by atoms with E-state index in [4.69, 9.17) is 0 Å². The van der Waals surface area contributed by atoms with Gasteiger partial charge < -0.3 is 5.32 Å². The van der Waals surface area contributed by atoms with Crippen molar-refractivity contribution in [3.63, 3.8) is 0 Å². The zero-order valence-electron chi connectivity index (χ0n) is 10.2. The minimum Gasteiger partial charge on any atom is -0.313 e. The molecule has 1 aliphatic heterocycles. The molecule has 8 heteroatoms. The molecule has 4 nitrogen and oxygen atoms in total. The van der Waals surface area contributed by atoms with Crippen LogP contribution in [0.5, 0.6) is 0 Å². The number of sulfonamides is 1. The van der Waals surface area contributed by atoms with Crippen LogP contribution in [0.3, 0.4) is 0 Å². The molecular weight excluding hydrogens is 342 g/mol. The van der Waals surface area contributed by atoms with Crippen molar-refractivity contribution in [2.75, 3.05) is 19.6 Å². The van der Waals surface area contributed by atoms with Crippen LogP contribution in [0.4, 0.5) is 8.78 Å². The highest BCUT2D eigenvalue weighted by Crippen LogP contribution is 2.30. The van der Waals surface area contributed by atoms with Gasteiger partial charge in [-0.3, -0.25) is 0 Å². The maximum atomic E-state index is 13.8. The third kappa shape index (κ3) is 2.67. The van der Waals surface area contributed by atoms with Crippen LogP contribution < -0.4 is 5.32 Å². The number of nitrogens with one attached hydrogen (secondary N) is 1. The van der Waals surface area contributed by atoms with Gasteiger partial charge in [-0.1, -0.05) is 6.92 Å². The second-order valence-corrected chi connectivity index (χ2v) is 6.90. The summed E-state index contributed by atoms with van der Waals surface area (Å²) >= 11 is 2.92. The van der Waals surface area contributed by atoms with E-state index in [0.29, 0.717) is 19.2 Å². The fourth-order valence-corrected chi connectivity index (χ4v) is 4.74. The molecule has 0 amide bonds. The monoisotopic (exact) mass is 354 g/mol. The van der Waals surface area contributed by atoms with E-state index in [1.165, 1.54) is 4.31 Å². The van der Waals surface area contributed by atoms with Crippen LogP contribution in [-0.2, 0) is 10.0 Å². The van der Waals surface area contributed by atoms with E-state index >= 15 is 0 Å². The third-order valence-corrected chi connectivity index (χ3v) is 6.00.